The first kappa shape index (κ1) is 25.0. The van der Waals surface area contributed by atoms with Crippen LogP contribution < -0.4 is 9.64 Å². The number of carboxylic acids is 1. The van der Waals surface area contributed by atoms with E-state index in [-0.39, 0.29) is 22.1 Å². The first-order valence-corrected chi connectivity index (χ1v) is 13.1. The molecule has 0 aliphatic carbocycles. The van der Waals surface area contributed by atoms with Crippen LogP contribution in [0.3, 0.4) is 0 Å². The van der Waals surface area contributed by atoms with Crippen LogP contribution in [0.4, 0.5) is 15.8 Å². The van der Waals surface area contributed by atoms with E-state index in [2.05, 4.69) is 13.8 Å². The molecular weight excluding hydrogens is 445 g/mol. The van der Waals surface area contributed by atoms with Crippen LogP contribution in [0.15, 0.2) is 47.4 Å². The second-order valence-corrected chi connectivity index (χ2v) is 10.8. The lowest BCUT2D eigenvalue weighted by Crippen LogP contribution is -2.38. The first-order valence-electron chi connectivity index (χ1n) is 11.4. The number of para-hydroxylation sites is 1. The third-order valence-electron chi connectivity index (χ3n) is 6.17. The summed E-state index contributed by atoms with van der Waals surface area (Å²) in [5, 5.41) is 8.90. The number of benzene rings is 2. The lowest BCUT2D eigenvalue weighted by Gasteiger charge is -2.37. The van der Waals surface area contributed by atoms with Crippen LogP contribution in [0.5, 0.6) is 5.75 Å². The molecule has 2 aromatic rings. The van der Waals surface area contributed by atoms with E-state index >= 15 is 0 Å². The second kappa shape index (κ2) is 10.5. The van der Waals surface area contributed by atoms with Crippen molar-refractivity contribution in [1.82, 2.24) is 0 Å². The van der Waals surface area contributed by atoms with Crippen LogP contribution in [0.1, 0.15) is 52.4 Å². The van der Waals surface area contributed by atoms with Crippen LogP contribution in [0.25, 0.3) is 0 Å². The number of halogens is 1. The van der Waals surface area contributed by atoms with Crippen LogP contribution in [-0.2, 0) is 14.6 Å². The van der Waals surface area contributed by atoms with E-state index in [4.69, 9.17) is 9.84 Å². The van der Waals surface area contributed by atoms with Gasteiger partial charge in [0.2, 0.25) is 0 Å². The maximum absolute atomic E-state index is 15.0. The Hall–Kier alpha value is -2.61. The van der Waals surface area contributed by atoms with Crippen molar-refractivity contribution in [2.75, 3.05) is 23.8 Å². The van der Waals surface area contributed by atoms with E-state index in [1.54, 1.807) is 0 Å². The summed E-state index contributed by atoms with van der Waals surface area (Å²) in [5.41, 5.74) is 0.557. The number of hydrogen-bond acceptors (Lipinski definition) is 5. The smallest absolute Gasteiger partial charge is 0.341 e. The number of rotatable bonds is 10. The summed E-state index contributed by atoms with van der Waals surface area (Å²) >= 11 is 0. The van der Waals surface area contributed by atoms with E-state index in [1.807, 2.05) is 35.2 Å². The van der Waals surface area contributed by atoms with Crippen molar-refractivity contribution in [3.05, 3.63) is 48.3 Å². The number of carboxylic acid groups (broad SMARTS) is 1. The van der Waals surface area contributed by atoms with Gasteiger partial charge in [-0.3, -0.25) is 0 Å². The molecule has 6 nitrogen and oxygen atoms in total. The predicted octanol–water partition coefficient (Wildman–Crippen LogP) is 5.58. The Labute approximate surface area is 195 Å². The Bertz CT molecular complexity index is 1060. The van der Waals surface area contributed by atoms with Crippen molar-refractivity contribution in [1.29, 1.82) is 0 Å². The fraction of sp³-hybridized carbons (Fsp3) is 0.480. The van der Waals surface area contributed by atoms with E-state index in [0.29, 0.717) is 6.54 Å². The molecular formula is C25H32FNO5S. The number of fused-ring (bicyclic) bond motifs is 1. The van der Waals surface area contributed by atoms with Crippen molar-refractivity contribution in [2.45, 2.75) is 57.3 Å². The van der Waals surface area contributed by atoms with E-state index in [0.717, 1.165) is 56.3 Å². The number of unbranched alkanes of at least 4 members (excludes halogenated alkanes) is 2. The average Bonchev–Trinajstić information content (AvgIpc) is 2.87. The molecule has 1 heterocycles. The molecule has 180 valence electrons. The lowest BCUT2D eigenvalue weighted by atomic mass is 9.79. The first-order chi connectivity index (χ1) is 15.7. The zero-order valence-corrected chi connectivity index (χ0v) is 20.0. The van der Waals surface area contributed by atoms with Gasteiger partial charge >= 0.3 is 5.97 Å². The molecule has 0 saturated heterocycles. The monoisotopic (exact) mass is 477 g/mol. The molecule has 0 bridgehead atoms. The number of nitrogens with zero attached hydrogens (tertiary/aromatic N) is 1. The van der Waals surface area contributed by atoms with Crippen LogP contribution in [0.2, 0.25) is 0 Å². The molecule has 0 radical (unpaired) electrons. The summed E-state index contributed by atoms with van der Waals surface area (Å²) in [7, 11) is -3.80. The van der Waals surface area contributed by atoms with E-state index < -0.39 is 33.6 Å². The largest absolute Gasteiger partial charge is 0.479 e. The zero-order valence-electron chi connectivity index (χ0n) is 19.2. The Balaban J connectivity index is 2.20. The fourth-order valence-corrected chi connectivity index (χ4v) is 6.67. The van der Waals surface area contributed by atoms with Gasteiger partial charge in [-0.25, -0.2) is 17.6 Å². The third kappa shape index (κ3) is 5.85. The Morgan fingerprint density at radius 2 is 1.76 bits per heavy atom. The number of aliphatic carboxylic acids is 1. The second-order valence-electron chi connectivity index (χ2n) is 8.82. The maximum atomic E-state index is 15.0. The SMILES string of the molecule is CCCCC1(CCCC)CN(c2ccccc2)c2cc(F)c(OCC(=O)O)cc2S(=O)(=O)C1. The van der Waals surface area contributed by atoms with Crippen molar-refractivity contribution in [3.63, 3.8) is 0 Å². The van der Waals surface area contributed by atoms with Gasteiger partial charge in [-0.1, -0.05) is 57.7 Å². The number of sulfone groups is 1. The third-order valence-corrected chi connectivity index (χ3v) is 8.16. The molecule has 0 fully saturated rings. The Morgan fingerprint density at radius 3 is 2.33 bits per heavy atom. The molecule has 0 aromatic heterocycles. The minimum absolute atomic E-state index is 0.0250. The van der Waals surface area contributed by atoms with Gasteiger partial charge in [0.1, 0.15) is 0 Å². The summed E-state index contributed by atoms with van der Waals surface area (Å²) in [4.78, 5) is 12.8. The van der Waals surface area contributed by atoms with Crippen molar-refractivity contribution >= 4 is 27.2 Å². The Morgan fingerprint density at radius 1 is 1.12 bits per heavy atom. The minimum atomic E-state index is -3.80. The molecule has 0 amide bonds. The highest BCUT2D eigenvalue weighted by atomic mass is 32.2. The topological polar surface area (TPSA) is 83.9 Å². The molecule has 0 spiro atoms. The predicted molar refractivity (Wildman–Crippen MR) is 127 cm³/mol. The number of anilines is 2. The van der Waals surface area contributed by atoms with Gasteiger partial charge in [0.15, 0.2) is 28.0 Å². The van der Waals surface area contributed by atoms with Crippen LogP contribution in [0, 0.1) is 11.2 Å². The zero-order chi connectivity index (χ0) is 24.1. The average molecular weight is 478 g/mol. The highest BCUT2D eigenvalue weighted by Crippen LogP contribution is 2.46. The number of hydrogen-bond donors (Lipinski definition) is 1. The van der Waals surface area contributed by atoms with E-state index in [9.17, 15) is 17.6 Å². The molecule has 1 aliphatic heterocycles. The molecule has 0 unspecified atom stereocenters. The quantitative estimate of drug-likeness (QED) is 0.450. The summed E-state index contributed by atoms with van der Waals surface area (Å²) in [6.45, 7) is 3.88. The molecule has 1 N–H and O–H groups in total. The minimum Gasteiger partial charge on any atom is -0.479 e. The highest BCUT2D eigenvalue weighted by molar-refractivity contribution is 7.91. The van der Waals surface area contributed by atoms with Crippen molar-refractivity contribution in [2.24, 2.45) is 5.41 Å². The van der Waals surface area contributed by atoms with Gasteiger partial charge in [0.05, 0.1) is 16.3 Å². The van der Waals surface area contributed by atoms with Crippen LogP contribution >= 0.6 is 0 Å². The normalized spacial score (nSPS) is 16.6. The molecule has 33 heavy (non-hydrogen) atoms. The van der Waals surface area contributed by atoms with Gasteiger partial charge in [-0.15, -0.1) is 0 Å². The van der Waals surface area contributed by atoms with Gasteiger partial charge in [-0.05, 0) is 25.0 Å². The standard InChI is InChI=1S/C25H32FNO5S/c1-3-5-12-25(13-6-4-2)17-27(19-10-8-7-9-11-19)21-14-20(26)22(32-16-24(28)29)15-23(21)33(30,31)18-25/h7-11,14-15H,3-6,12-13,16-18H2,1-2H3,(H,28,29). The lowest BCUT2D eigenvalue weighted by molar-refractivity contribution is -0.139. The Kier molecular flexibility index (Phi) is 8.00. The van der Waals surface area contributed by atoms with Gasteiger partial charge < -0.3 is 14.7 Å². The molecule has 8 heteroatoms. The maximum Gasteiger partial charge on any atom is 0.341 e. The summed E-state index contributed by atoms with van der Waals surface area (Å²) < 4.78 is 47.4. The van der Waals surface area contributed by atoms with Gasteiger partial charge in [0.25, 0.3) is 0 Å². The van der Waals surface area contributed by atoms with Crippen molar-refractivity contribution in [3.8, 4) is 5.75 Å². The highest BCUT2D eigenvalue weighted by Gasteiger charge is 2.42. The molecule has 0 saturated carbocycles. The van der Waals surface area contributed by atoms with Crippen LogP contribution in [-0.4, -0.2) is 38.4 Å². The number of ether oxygens (including phenoxy) is 1. The molecule has 2 aromatic carbocycles. The molecule has 1 aliphatic rings. The van der Waals surface area contributed by atoms with Gasteiger partial charge in [0, 0.05) is 29.8 Å². The van der Waals surface area contributed by atoms with Gasteiger partial charge in [-0.2, -0.15) is 0 Å². The summed E-state index contributed by atoms with van der Waals surface area (Å²) in [5.74, 6) is -2.47. The fourth-order valence-electron chi connectivity index (χ4n) is 4.55. The molecule has 3 rings (SSSR count). The van der Waals surface area contributed by atoms with E-state index in [1.165, 1.54) is 0 Å². The molecule has 0 atom stereocenters. The van der Waals surface area contributed by atoms with Crippen molar-refractivity contribution < 1.29 is 27.4 Å². The summed E-state index contributed by atoms with van der Waals surface area (Å²) in [6, 6.07) is 11.7. The summed E-state index contributed by atoms with van der Waals surface area (Å²) in [6.07, 6.45) is 5.22. The number of carbonyl (C=O) groups is 1.